The summed E-state index contributed by atoms with van der Waals surface area (Å²) in [7, 11) is 0. The van der Waals surface area contributed by atoms with E-state index in [9.17, 15) is 9.90 Å². The van der Waals surface area contributed by atoms with Gasteiger partial charge in [0.25, 0.3) is 0 Å². The zero-order chi connectivity index (χ0) is 16.0. The third-order valence-electron chi connectivity index (χ3n) is 4.76. The Hall–Kier alpha value is -1.35. The molecule has 1 aliphatic carbocycles. The molecule has 2 rings (SSSR count). The predicted octanol–water partition coefficient (Wildman–Crippen LogP) is 3.46. The number of benzene rings is 1. The molecule has 0 aliphatic heterocycles. The second kappa shape index (κ2) is 7.77. The van der Waals surface area contributed by atoms with E-state index in [1.807, 2.05) is 19.9 Å². The molecule has 3 heteroatoms. The Morgan fingerprint density at radius 3 is 2.45 bits per heavy atom. The summed E-state index contributed by atoms with van der Waals surface area (Å²) in [5, 5.41) is 12.7. The van der Waals surface area contributed by atoms with Crippen molar-refractivity contribution >= 4 is 5.91 Å². The van der Waals surface area contributed by atoms with E-state index in [4.69, 9.17) is 0 Å². The number of carbonyl (C=O) groups is 1. The first-order valence-corrected chi connectivity index (χ1v) is 8.50. The van der Waals surface area contributed by atoms with Crippen LogP contribution in [0.4, 0.5) is 0 Å². The van der Waals surface area contributed by atoms with Crippen molar-refractivity contribution in [3.05, 3.63) is 35.9 Å². The molecule has 0 heterocycles. The van der Waals surface area contributed by atoms with Crippen molar-refractivity contribution in [2.24, 2.45) is 5.41 Å². The maximum Gasteiger partial charge on any atom is 0.225 e. The van der Waals surface area contributed by atoms with E-state index in [0.717, 1.165) is 44.9 Å². The number of rotatable bonds is 6. The van der Waals surface area contributed by atoms with Gasteiger partial charge in [0.15, 0.2) is 0 Å². The quantitative estimate of drug-likeness (QED) is 0.845. The van der Waals surface area contributed by atoms with Crippen molar-refractivity contribution in [3.63, 3.8) is 0 Å². The van der Waals surface area contributed by atoms with Crippen LogP contribution in [-0.4, -0.2) is 23.2 Å². The summed E-state index contributed by atoms with van der Waals surface area (Å²) in [5.41, 5.74) is 1.00. The first-order valence-electron chi connectivity index (χ1n) is 8.50. The zero-order valence-electron chi connectivity index (χ0n) is 13.8. The maximum atomic E-state index is 12.5. The lowest BCUT2D eigenvalue weighted by Crippen LogP contribution is -2.44. The lowest BCUT2D eigenvalue weighted by Gasteiger charge is -2.30. The maximum absolute atomic E-state index is 12.5. The van der Waals surface area contributed by atoms with Crippen molar-refractivity contribution in [1.29, 1.82) is 0 Å². The molecule has 0 aromatic heterocycles. The summed E-state index contributed by atoms with van der Waals surface area (Å²) < 4.78 is 0. The van der Waals surface area contributed by atoms with Crippen molar-refractivity contribution in [1.82, 2.24) is 5.32 Å². The van der Waals surface area contributed by atoms with Gasteiger partial charge in [-0.2, -0.15) is 0 Å². The smallest absolute Gasteiger partial charge is 0.225 e. The highest BCUT2D eigenvalue weighted by atomic mass is 16.3. The van der Waals surface area contributed by atoms with Crippen LogP contribution >= 0.6 is 0 Å². The summed E-state index contributed by atoms with van der Waals surface area (Å²) in [6.45, 7) is 4.07. The third-order valence-corrected chi connectivity index (χ3v) is 4.76. The molecule has 22 heavy (non-hydrogen) atoms. The van der Waals surface area contributed by atoms with Gasteiger partial charge in [0, 0.05) is 11.5 Å². The number of hydrogen-bond donors (Lipinski definition) is 2. The third kappa shape index (κ3) is 5.13. The Labute approximate surface area is 134 Å². The molecule has 1 aromatic carbocycles. The molecule has 3 nitrogen and oxygen atoms in total. The fraction of sp³-hybridized carbons (Fsp3) is 0.632. The monoisotopic (exact) mass is 303 g/mol. The molecule has 1 aromatic rings. The van der Waals surface area contributed by atoms with Crippen LogP contribution in [-0.2, 0) is 11.2 Å². The highest BCUT2D eigenvalue weighted by molar-refractivity contribution is 5.82. The van der Waals surface area contributed by atoms with Gasteiger partial charge >= 0.3 is 0 Å². The predicted molar refractivity (Wildman–Crippen MR) is 89.6 cm³/mol. The Balaban J connectivity index is 1.75. The van der Waals surface area contributed by atoms with Crippen molar-refractivity contribution < 1.29 is 9.90 Å². The van der Waals surface area contributed by atoms with Gasteiger partial charge < -0.3 is 10.4 Å². The Bertz CT molecular complexity index is 462. The molecule has 122 valence electrons. The molecule has 0 radical (unpaired) electrons. The molecule has 0 bridgehead atoms. The standard InChI is InChI=1S/C19H29NO2/c1-19(2,14-6-9-15-7-4-3-5-8-15)18(22)20-16-10-12-17(21)13-11-16/h3-5,7-8,16-17,21H,6,9-14H2,1-2H3,(H,20,22). The molecule has 0 unspecified atom stereocenters. The van der Waals surface area contributed by atoms with E-state index in [1.54, 1.807) is 0 Å². The van der Waals surface area contributed by atoms with Gasteiger partial charge in [0.05, 0.1) is 6.10 Å². The van der Waals surface area contributed by atoms with Crippen LogP contribution in [0.2, 0.25) is 0 Å². The summed E-state index contributed by atoms with van der Waals surface area (Å²) in [6, 6.07) is 10.7. The largest absolute Gasteiger partial charge is 0.393 e. The number of hydrogen-bond acceptors (Lipinski definition) is 2. The molecular weight excluding hydrogens is 274 g/mol. The van der Waals surface area contributed by atoms with Crippen LogP contribution in [0.1, 0.15) is 57.9 Å². The van der Waals surface area contributed by atoms with Gasteiger partial charge in [-0.3, -0.25) is 4.79 Å². The number of nitrogens with one attached hydrogen (secondary N) is 1. The van der Waals surface area contributed by atoms with Crippen LogP contribution in [0, 0.1) is 5.41 Å². The second-order valence-corrected chi connectivity index (χ2v) is 7.20. The molecule has 1 fully saturated rings. The molecule has 1 aliphatic rings. The summed E-state index contributed by atoms with van der Waals surface area (Å²) in [4.78, 5) is 12.5. The van der Waals surface area contributed by atoms with Crippen molar-refractivity contribution in [2.75, 3.05) is 0 Å². The number of amides is 1. The molecule has 1 amide bonds. The molecular formula is C19H29NO2. The minimum Gasteiger partial charge on any atom is -0.393 e. The van der Waals surface area contributed by atoms with Gasteiger partial charge in [0.1, 0.15) is 0 Å². The second-order valence-electron chi connectivity index (χ2n) is 7.20. The first-order chi connectivity index (χ1) is 10.5. The van der Waals surface area contributed by atoms with Crippen LogP contribution < -0.4 is 5.32 Å². The molecule has 0 atom stereocenters. The summed E-state index contributed by atoms with van der Waals surface area (Å²) in [5.74, 6) is 0.155. The van der Waals surface area contributed by atoms with Crippen LogP contribution in [0.5, 0.6) is 0 Å². The summed E-state index contributed by atoms with van der Waals surface area (Å²) >= 11 is 0. The lowest BCUT2D eigenvalue weighted by atomic mass is 9.84. The van der Waals surface area contributed by atoms with Crippen LogP contribution in [0.3, 0.4) is 0 Å². The van der Waals surface area contributed by atoms with E-state index in [0.29, 0.717) is 0 Å². The number of carbonyl (C=O) groups excluding carboxylic acids is 1. The van der Waals surface area contributed by atoms with Gasteiger partial charge in [-0.25, -0.2) is 0 Å². The van der Waals surface area contributed by atoms with Crippen molar-refractivity contribution in [2.45, 2.75) is 70.9 Å². The minimum atomic E-state index is -0.329. The Morgan fingerprint density at radius 1 is 1.18 bits per heavy atom. The minimum absolute atomic E-state index is 0.155. The Kier molecular flexibility index (Phi) is 6.01. The fourth-order valence-corrected chi connectivity index (χ4v) is 3.09. The van der Waals surface area contributed by atoms with E-state index in [2.05, 4.69) is 29.6 Å². The number of aryl methyl sites for hydroxylation is 1. The van der Waals surface area contributed by atoms with Gasteiger partial charge in [-0.15, -0.1) is 0 Å². The van der Waals surface area contributed by atoms with E-state index in [-0.39, 0.29) is 23.5 Å². The number of aliphatic hydroxyl groups is 1. The van der Waals surface area contributed by atoms with Crippen molar-refractivity contribution in [3.8, 4) is 0 Å². The van der Waals surface area contributed by atoms with Gasteiger partial charge in [-0.1, -0.05) is 44.2 Å². The molecule has 1 saturated carbocycles. The highest BCUT2D eigenvalue weighted by Gasteiger charge is 2.30. The van der Waals surface area contributed by atoms with Crippen LogP contribution in [0.25, 0.3) is 0 Å². The molecule has 0 spiro atoms. The van der Waals surface area contributed by atoms with E-state index < -0.39 is 0 Å². The van der Waals surface area contributed by atoms with E-state index in [1.165, 1.54) is 5.56 Å². The first kappa shape index (κ1) is 17.0. The fourth-order valence-electron chi connectivity index (χ4n) is 3.09. The topological polar surface area (TPSA) is 49.3 Å². The van der Waals surface area contributed by atoms with E-state index >= 15 is 0 Å². The highest BCUT2D eigenvalue weighted by Crippen LogP contribution is 2.26. The zero-order valence-corrected chi connectivity index (χ0v) is 13.8. The van der Waals surface area contributed by atoms with Gasteiger partial charge in [0.2, 0.25) is 5.91 Å². The SMILES string of the molecule is CC(C)(CCCc1ccccc1)C(=O)NC1CCC(O)CC1. The summed E-state index contributed by atoms with van der Waals surface area (Å²) in [6.07, 6.45) is 6.16. The number of aliphatic hydroxyl groups excluding tert-OH is 1. The average Bonchev–Trinajstić information content (AvgIpc) is 2.50. The van der Waals surface area contributed by atoms with Gasteiger partial charge in [-0.05, 0) is 50.5 Å². The molecule has 2 N–H and O–H groups in total. The Morgan fingerprint density at radius 2 is 1.82 bits per heavy atom. The lowest BCUT2D eigenvalue weighted by molar-refractivity contribution is -0.130. The molecule has 0 saturated heterocycles. The normalized spacial score (nSPS) is 22.3. The van der Waals surface area contributed by atoms with Crippen LogP contribution in [0.15, 0.2) is 30.3 Å². The average molecular weight is 303 g/mol.